The van der Waals surface area contributed by atoms with Crippen LogP contribution in [0.5, 0.6) is 0 Å². The maximum Gasteiger partial charge on any atom is 0.240 e. The number of sulfonamides is 2. The number of para-hydroxylation sites is 1. The summed E-state index contributed by atoms with van der Waals surface area (Å²) in [5.74, 6) is 0. The maximum atomic E-state index is 12.2. The summed E-state index contributed by atoms with van der Waals surface area (Å²) >= 11 is 0. The van der Waals surface area contributed by atoms with Crippen LogP contribution in [0.25, 0.3) is 0 Å². The van der Waals surface area contributed by atoms with Crippen molar-refractivity contribution in [2.24, 2.45) is 0 Å². The first kappa shape index (κ1) is 18.4. The zero-order chi connectivity index (χ0) is 17.6. The van der Waals surface area contributed by atoms with Gasteiger partial charge in [0.25, 0.3) is 0 Å². The van der Waals surface area contributed by atoms with Gasteiger partial charge < -0.3 is 5.32 Å². The van der Waals surface area contributed by atoms with E-state index in [1.54, 1.807) is 0 Å². The van der Waals surface area contributed by atoms with Gasteiger partial charge in [0.05, 0.1) is 9.79 Å². The van der Waals surface area contributed by atoms with E-state index in [-0.39, 0.29) is 16.3 Å². The van der Waals surface area contributed by atoms with E-state index in [0.717, 1.165) is 5.69 Å². The number of nitrogens with one attached hydrogen (secondary N) is 3. The van der Waals surface area contributed by atoms with Gasteiger partial charge in [-0.2, -0.15) is 0 Å². The smallest absolute Gasteiger partial charge is 0.240 e. The first-order valence-electron chi connectivity index (χ1n) is 7.17. The van der Waals surface area contributed by atoms with Crippen LogP contribution in [0.15, 0.2) is 64.4 Å². The van der Waals surface area contributed by atoms with Crippen LogP contribution in [0.2, 0.25) is 0 Å². The van der Waals surface area contributed by atoms with Crippen molar-refractivity contribution in [3.05, 3.63) is 54.6 Å². The average molecular weight is 369 g/mol. The first-order chi connectivity index (χ1) is 11.3. The molecular weight excluding hydrogens is 350 g/mol. The van der Waals surface area contributed by atoms with E-state index in [4.69, 9.17) is 0 Å². The second-order valence-corrected chi connectivity index (χ2v) is 8.52. The highest BCUT2D eigenvalue weighted by molar-refractivity contribution is 7.90. The number of rotatable bonds is 8. The summed E-state index contributed by atoms with van der Waals surface area (Å²) in [5.41, 5.74) is 0.901. The van der Waals surface area contributed by atoms with Gasteiger partial charge in [-0.1, -0.05) is 18.2 Å². The molecule has 2 aromatic rings. The highest BCUT2D eigenvalue weighted by atomic mass is 32.2. The highest BCUT2D eigenvalue weighted by Gasteiger charge is 2.16. The number of benzene rings is 2. The summed E-state index contributed by atoms with van der Waals surface area (Å²) in [7, 11) is -5.98. The Labute approximate surface area is 142 Å². The minimum atomic E-state index is -3.69. The maximum absolute atomic E-state index is 12.2. The van der Waals surface area contributed by atoms with Gasteiger partial charge >= 0.3 is 0 Å². The lowest BCUT2D eigenvalue weighted by Gasteiger charge is -2.09. The molecule has 2 rings (SSSR count). The minimum Gasteiger partial charge on any atom is -0.384 e. The van der Waals surface area contributed by atoms with Crippen LogP contribution in [-0.2, 0) is 20.0 Å². The lowest BCUT2D eigenvalue weighted by Crippen LogP contribution is -2.29. The van der Waals surface area contributed by atoms with Gasteiger partial charge in [-0.3, -0.25) is 0 Å². The lowest BCUT2D eigenvalue weighted by atomic mass is 10.3. The van der Waals surface area contributed by atoms with Crippen LogP contribution in [0.1, 0.15) is 0 Å². The van der Waals surface area contributed by atoms with Gasteiger partial charge in [0.2, 0.25) is 20.0 Å². The molecule has 0 fully saturated rings. The third-order valence-electron chi connectivity index (χ3n) is 3.23. The molecular formula is C15H19N3O4S2. The van der Waals surface area contributed by atoms with Gasteiger partial charge in [-0.15, -0.1) is 0 Å². The molecule has 0 spiro atoms. The lowest BCUT2D eigenvalue weighted by molar-refractivity contribution is 0.581. The molecule has 0 saturated heterocycles. The quantitative estimate of drug-likeness (QED) is 0.602. The normalized spacial score (nSPS) is 12.0. The van der Waals surface area contributed by atoms with Crippen LogP contribution in [0.4, 0.5) is 5.69 Å². The van der Waals surface area contributed by atoms with E-state index >= 15 is 0 Å². The van der Waals surface area contributed by atoms with Crippen LogP contribution in [-0.4, -0.2) is 37.0 Å². The molecule has 0 aromatic heterocycles. The van der Waals surface area contributed by atoms with Gasteiger partial charge in [0.1, 0.15) is 0 Å². The predicted octanol–water partition coefficient (Wildman–Crippen LogP) is 0.985. The molecule has 0 saturated carbocycles. The summed E-state index contributed by atoms with van der Waals surface area (Å²) in [6.07, 6.45) is 0. The molecule has 0 unspecified atom stereocenters. The zero-order valence-corrected chi connectivity index (χ0v) is 14.7. The molecule has 9 heteroatoms. The van der Waals surface area contributed by atoms with E-state index in [0.29, 0.717) is 6.54 Å². The predicted molar refractivity (Wildman–Crippen MR) is 92.8 cm³/mol. The second-order valence-electron chi connectivity index (χ2n) is 4.87. The molecule has 0 amide bonds. The van der Waals surface area contributed by atoms with Crippen LogP contribution in [0, 0.1) is 0 Å². The molecule has 0 radical (unpaired) electrons. The van der Waals surface area contributed by atoms with Crippen molar-refractivity contribution in [3.8, 4) is 0 Å². The van der Waals surface area contributed by atoms with Crippen molar-refractivity contribution < 1.29 is 16.8 Å². The first-order valence-corrected chi connectivity index (χ1v) is 10.1. The van der Waals surface area contributed by atoms with E-state index in [1.807, 2.05) is 30.3 Å². The molecule has 24 heavy (non-hydrogen) atoms. The molecule has 3 N–H and O–H groups in total. The third kappa shape index (κ3) is 4.78. The Bertz CT molecular complexity index is 865. The molecule has 0 atom stereocenters. The fourth-order valence-corrected chi connectivity index (χ4v) is 3.71. The van der Waals surface area contributed by atoms with Crippen LogP contribution in [0.3, 0.4) is 0 Å². The van der Waals surface area contributed by atoms with E-state index in [1.165, 1.54) is 31.3 Å². The third-order valence-corrected chi connectivity index (χ3v) is 6.14. The fraction of sp³-hybridized carbons (Fsp3) is 0.200. The van der Waals surface area contributed by atoms with Crippen molar-refractivity contribution in [2.45, 2.75) is 9.79 Å². The molecule has 0 aliphatic rings. The molecule has 0 heterocycles. The van der Waals surface area contributed by atoms with Crippen LogP contribution >= 0.6 is 0 Å². The van der Waals surface area contributed by atoms with Crippen molar-refractivity contribution in [3.63, 3.8) is 0 Å². The number of hydrogen-bond donors (Lipinski definition) is 3. The SMILES string of the molecule is CNS(=O)(=O)c1ccc(S(=O)(=O)NCCNc2ccccc2)cc1. The minimum absolute atomic E-state index is 0.00898. The molecule has 0 bridgehead atoms. The second kappa shape index (κ2) is 7.75. The Kier molecular flexibility index (Phi) is 5.94. The fourth-order valence-electron chi connectivity index (χ4n) is 1.95. The van der Waals surface area contributed by atoms with E-state index < -0.39 is 20.0 Å². The van der Waals surface area contributed by atoms with Crippen molar-refractivity contribution in [1.82, 2.24) is 9.44 Å². The number of anilines is 1. The zero-order valence-electron chi connectivity index (χ0n) is 13.1. The molecule has 0 aliphatic heterocycles. The van der Waals surface area contributed by atoms with Crippen LogP contribution < -0.4 is 14.8 Å². The molecule has 7 nitrogen and oxygen atoms in total. The number of hydrogen-bond acceptors (Lipinski definition) is 5. The summed E-state index contributed by atoms with van der Waals surface area (Å²) in [4.78, 5) is 0.0203. The van der Waals surface area contributed by atoms with Gasteiger partial charge in [-0.25, -0.2) is 26.3 Å². The summed E-state index contributed by atoms with van der Waals surface area (Å²) in [6.45, 7) is 0.628. The highest BCUT2D eigenvalue weighted by Crippen LogP contribution is 2.14. The Balaban J connectivity index is 1.95. The molecule has 2 aromatic carbocycles. The Morgan fingerprint density at radius 2 is 1.29 bits per heavy atom. The van der Waals surface area contributed by atoms with Gasteiger partial charge in [0.15, 0.2) is 0 Å². The Morgan fingerprint density at radius 3 is 1.83 bits per heavy atom. The Morgan fingerprint density at radius 1 is 0.750 bits per heavy atom. The van der Waals surface area contributed by atoms with E-state index in [9.17, 15) is 16.8 Å². The average Bonchev–Trinajstić information content (AvgIpc) is 2.60. The molecule has 130 valence electrons. The summed E-state index contributed by atoms with van der Waals surface area (Å²) in [6, 6.07) is 14.5. The Hall–Kier alpha value is -1.94. The van der Waals surface area contributed by atoms with Crippen molar-refractivity contribution >= 4 is 25.7 Å². The van der Waals surface area contributed by atoms with Crippen molar-refractivity contribution in [1.29, 1.82) is 0 Å². The summed E-state index contributed by atoms with van der Waals surface area (Å²) in [5, 5.41) is 3.09. The van der Waals surface area contributed by atoms with Gasteiger partial charge in [0, 0.05) is 18.8 Å². The van der Waals surface area contributed by atoms with Crippen molar-refractivity contribution in [2.75, 3.05) is 25.5 Å². The largest absolute Gasteiger partial charge is 0.384 e. The molecule has 0 aliphatic carbocycles. The topological polar surface area (TPSA) is 104 Å². The monoisotopic (exact) mass is 369 g/mol. The van der Waals surface area contributed by atoms with E-state index in [2.05, 4.69) is 14.8 Å². The van der Waals surface area contributed by atoms with Gasteiger partial charge in [-0.05, 0) is 43.4 Å². The standard InChI is InChI=1S/C15H19N3O4S2/c1-16-23(19,20)14-7-9-15(10-8-14)24(21,22)18-12-11-17-13-5-3-2-4-6-13/h2-10,16-18H,11-12H2,1H3. The summed E-state index contributed by atoms with van der Waals surface area (Å²) < 4.78 is 52.2.